The molecule has 0 saturated carbocycles. The first-order chi connectivity index (χ1) is 9.45. The number of nitriles is 1. The maximum Gasteiger partial charge on any atom is 0.363 e. The number of carboxylic acids is 1. The van der Waals surface area contributed by atoms with Crippen molar-refractivity contribution >= 4 is 11.7 Å². The number of nitrogens with zero attached hydrogens (tertiary/aromatic N) is 4. The quantitative estimate of drug-likeness (QED) is 0.669. The average molecular weight is 272 g/mol. The summed E-state index contributed by atoms with van der Waals surface area (Å²) < 4.78 is 1.05. The second kappa shape index (κ2) is 4.81. The molecule has 100 valence electrons. The Kier molecular flexibility index (Phi) is 3.18. The summed E-state index contributed by atoms with van der Waals surface area (Å²) in [6, 6.07) is 6.83. The van der Waals surface area contributed by atoms with Crippen LogP contribution in [0.25, 0.3) is 5.69 Å². The third-order valence-electron chi connectivity index (χ3n) is 2.68. The molecular formula is C12H8N4O4. The van der Waals surface area contributed by atoms with E-state index in [1.807, 2.05) is 6.07 Å². The van der Waals surface area contributed by atoms with Crippen LogP contribution < -0.4 is 0 Å². The van der Waals surface area contributed by atoms with Crippen molar-refractivity contribution < 1.29 is 14.8 Å². The molecule has 0 aliphatic carbocycles. The van der Waals surface area contributed by atoms with Crippen LogP contribution >= 0.6 is 0 Å². The first kappa shape index (κ1) is 13.2. The summed E-state index contributed by atoms with van der Waals surface area (Å²) in [6.45, 7) is 1.70. The average Bonchev–Trinajstić information content (AvgIpc) is 2.83. The van der Waals surface area contributed by atoms with Gasteiger partial charge < -0.3 is 5.11 Å². The van der Waals surface area contributed by atoms with Gasteiger partial charge >= 0.3 is 11.7 Å². The van der Waals surface area contributed by atoms with Crippen LogP contribution in [0.2, 0.25) is 0 Å². The third kappa shape index (κ3) is 2.08. The van der Waals surface area contributed by atoms with Crippen molar-refractivity contribution in [3.8, 4) is 11.8 Å². The molecule has 0 atom stereocenters. The molecule has 8 heteroatoms. The first-order valence-electron chi connectivity index (χ1n) is 5.43. The second-order valence-corrected chi connectivity index (χ2v) is 3.95. The number of aryl methyl sites for hydroxylation is 1. The number of aromatic carboxylic acids is 1. The molecule has 0 saturated heterocycles. The lowest BCUT2D eigenvalue weighted by Crippen LogP contribution is -2.04. The first-order valence-corrected chi connectivity index (χ1v) is 5.43. The molecule has 1 heterocycles. The van der Waals surface area contributed by atoms with Gasteiger partial charge in [-0.2, -0.15) is 10.4 Å². The summed E-state index contributed by atoms with van der Waals surface area (Å²) in [4.78, 5) is 21.0. The van der Waals surface area contributed by atoms with Crippen LogP contribution in [0, 0.1) is 28.4 Å². The van der Waals surface area contributed by atoms with E-state index in [9.17, 15) is 14.9 Å². The molecule has 0 radical (unpaired) electrons. The van der Waals surface area contributed by atoms with Crippen molar-refractivity contribution in [1.82, 2.24) is 9.78 Å². The minimum Gasteiger partial charge on any atom is -0.476 e. The van der Waals surface area contributed by atoms with E-state index in [-0.39, 0.29) is 5.56 Å². The number of aromatic nitrogens is 2. The van der Waals surface area contributed by atoms with Gasteiger partial charge in [-0.25, -0.2) is 9.48 Å². The lowest BCUT2D eigenvalue weighted by molar-refractivity contribution is -0.385. The third-order valence-corrected chi connectivity index (χ3v) is 2.68. The number of benzene rings is 1. The van der Waals surface area contributed by atoms with Gasteiger partial charge in [0.2, 0.25) is 5.69 Å². The second-order valence-electron chi connectivity index (χ2n) is 3.95. The maximum absolute atomic E-state index is 11.0. The van der Waals surface area contributed by atoms with E-state index in [1.165, 1.54) is 6.07 Å². The summed E-state index contributed by atoms with van der Waals surface area (Å²) in [6.07, 6.45) is 0.993. The molecule has 1 aromatic carbocycles. The predicted octanol–water partition coefficient (Wildman–Crippen LogP) is 1.66. The molecule has 2 aromatic rings. The normalized spacial score (nSPS) is 10.0. The van der Waals surface area contributed by atoms with Crippen LogP contribution in [0.5, 0.6) is 0 Å². The number of carboxylic acid groups (broad SMARTS) is 1. The van der Waals surface area contributed by atoms with Crippen molar-refractivity contribution in [2.75, 3.05) is 0 Å². The highest BCUT2D eigenvalue weighted by molar-refractivity contribution is 5.90. The topological polar surface area (TPSA) is 122 Å². The molecule has 1 aromatic heterocycles. The van der Waals surface area contributed by atoms with Crippen molar-refractivity contribution in [3.63, 3.8) is 0 Å². The van der Waals surface area contributed by atoms with Crippen molar-refractivity contribution in [2.45, 2.75) is 6.92 Å². The lowest BCUT2D eigenvalue weighted by atomic mass is 10.1. The Balaban J connectivity index is 2.73. The fourth-order valence-corrected chi connectivity index (χ4v) is 1.82. The van der Waals surface area contributed by atoms with Gasteiger partial charge in [-0.3, -0.25) is 10.1 Å². The highest BCUT2D eigenvalue weighted by atomic mass is 16.6. The summed E-state index contributed by atoms with van der Waals surface area (Å²) >= 11 is 0. The number of carbonyl (C=O) groups is 1. The summed E-state index contributed by atoms with van der Waals surface area (Å²) in [7, 11) is 0. The largest absolute Gasteiger partial charge is 0.476 e. The van der Waals surface area contributed by atoms with Crippen molar-refractivity contribution in [1.29, 1.82) is 5.26 Å². The van der Waals surface area contributed by atoms with E-state index in [0.717, 1.165) is 10.9 Å². The van der Waals surface area contributed by atoms with Crippen LogP contribution in [0.3, 0.4) is 0 Å². The van der Waals surface area contributed by atoms with Gasteiger partial charge in [0, 0.05) is 0 Å². The van der Waals surface area contributed by atoms with Crippen molar-refractivity contribution in [2.24, 2.45) is 0 Å². The number of rotatable bonds is 3. The Hall–Kier alpha value is -3.21. The number of hydrogen-bond acceptors (Lipinski definition) is 5. The SMILES string of the molecule is Cc1cccc(C#N)c1-n1cc([N+](=O)[O-])c(C(=O)O)n1. The molecule has 2 rings (SSSR count). The molecule has 20 heavy (non-hydrogen) atoms. The number of para-hydroxylation sites is 1. The monoisotopic (exact) mass is 272 g/mol. The molecule has 0 spiro atoms. The maximum atomic E-state index is 11.0. The highest BCUT2D eigenvalue weighted by Crippen LogP contribution is 2.23. The number of nitro groups is 1. The zero-order chi connectivity index (χ0) is 14.9. The summed E-state index contributed by atoms with van der Waals surface area (Å²) in [5, 5.41) is 32.5. The van der Waals surface area contributed by atoms with Gasteiger partial charge in [0.25, 0.3) is 0 Å². The van der Waals surface area contributed by atoms with Gasteiger partial charge in [-0.15, -0.1) is 0 Å². The molecule has 8 nitrogen and oxygen atoms in total. The fourth-order valence-electron chi connectivity index (χ4n) is 1.82. The molecule has 0 aliphatic rings. The van der Waals surface area contributed by atoms with E-state index in [0.29, 0.717) is 11.3 Å². The summed E-state index contributed by atoms with van der Waals surface area (Å²) in [5.41, 5.74) is -0.0601. The zero-order valence-corrected chi connectivity index (χ0v) is 10.3. The molecular weight excluding hydrogens is 264 g/mol. The van der Waals surface area contributed by atoms with E-state index >= 15 is 0 Å². The van der Waals surface area contributed by atoms with Gasteiger partial charge in [-0.1, -0.05) is 12.1 Å². The van der Waals surface area contributed by atoms with E-state index in [1.54, 1.807) is 19.1 Å². The Bertz CT molecular complexity index is 726. The molecule has 0 aliphatic heterocycles. The van der Waals surface area contributed by atoms with Crippen LogP contribution in [-0.4, -0.2) is 25.8 Å². The highest BCUT2D eigenvalue weighted by Gasteiger charge is 2.26. The molecule has 0 amide bonds. The molecule has 0 unspecified atom stereocenters. The Morgan fingerprint density at radius 1 is 1.55 bits per heavy atom. The Morgan fingerprint density at radius 3 is 2.75 bits per heavy atom. The minimum absolute atomic E-state index is 0.249. The fraction of sp³-hybridized carbons (Fsp3) is 0.0833. The van der Waals surface area contributed by atoms with Gasteiger partial charge in [0.05, 0.1) is 16.2 Å². The number of hydrogen-bond donors (Lipinski definition) is 1. The summed E-state index contributed by atoms with van der Waals surface area (Å²) in [5.74, 6) is -1.50. The van der Waals surface area contributed by atoms with Crippen LogP contribution in [-0.2, 0) is 0 Å². The van der Waals surface area contributed by atoms with Gasteiger partial charge in [0.1, 0.15) is 12.3 Å². The van der Waals surface area contributed by atoms with E-state index < -0.39 is 22.3 Å². The van der Waals surface area contributed by atoms with Crippen LogP contribution in [0.1, 0.15) is 21.6 Å². The molecule has 0 bridgehead atoms. The van der Waals surface area contributed by atoms with Gasteiger partial charge in [-0.05, 0) is 18.6 Å². The zero-order valence-electron chi connectivity index (χ0n) is 10.3. The van der Waals surface area contributed by atoms with Crippen molar-refractivity contribution in [3.05, 3.63) is 51.3 Å². The lowest BCUT2D eigenvalue weighted by Gasteiger charge is -2.06. The van der Waals surface area contributed by atoms with E-state index in [4.69, 9.17) is 10.4 Å². The smallest absolute Gasteiger partial charge is 0.363 e. The standard InChI is InChI=1S/C12H8N4O4/c1-7-3-2-4-8(5-13)11(7)15-6-9(16(19)20)10(14-15)12(17)18/h2-4,6H,1H3,(H,17,18). The minimum atomic E-state index is -1.50. The predicted molar refractivity (Wildman–Crippen MR) is 66.6 cm³/mol. The Labute approximate surface area is 112 Å². The molecule has 1 N–H and O–H groups in total. The van der Waals surface area contributed by atoms with Gasteiger partial charge in [0.15, 0.2) is 0 Å². The van der Waals surface area contributed by atoms with Crippen LogP contribution in [0.4, 0.5) is 5.69 Å². The molecule has 0 fully saturated rings. The van der Waals surface area contributed by atoms with E-state index in [2.05, 4.69) is 5.10 Å². The van der Waals surface area contributed by atoms with Crippen LogP contribution in [0.15, 0.2) is 24.4 Å². The Morgan fingerprint density at radius 2 is 2.25 bits per heavy atom.